The van der Waals surface area contributed by atoms with Crippen LogP contribution in [-0.2, 0) is 5.41 Å². The van der Waals surface area contributed by atoms with Crippen LogP contribution in [-0.4, -0.2) is 25.2 Å². The van der Waals surface area contributed by atoms with E-state index in [1.165, 1.54) is 11.3 Å². The molecule has 0 bridgehead atoms. The van der Waals surface area contributed by atoms with Gasteiger partial charge in [0, 0.05) is 30.9 Å². The van der Waals surface area contributed by atoms with Crippen LogP contribution in [0.25, 0.3) is 0 Å². The van der Waals surface area contributed by atoms with Crippen LogP contribution in [0.5, 0.6) is 0 Å². The van der Waals surface area contributed by atoms with Gasteiger partial charge in [-0.1, -0.05) is 46.8 Å². The average molecular weight is 274 g/mol. The molecule has 112 valence electrons. The highest BCUT2D eigenvalue weighted by molar-refractivity contribution is 5.50. The summed E-state index contributed by atoms with van der Waals surface area (Å²) in [7, 11) is 0. The molecule has 1 aromatic carbocycles. The first-order chi connectivity index (χ1) is 9.29. The molecule has 2 unspecified atom stereocenters. The van der Waals surface area contributed by atoms with Gasteiger partial charge >= 0.3 is 0 Å². The van der Waals surface area contributed by atoms with E-state index in [0.717, 1.165) is 13.1 Å². The largest absolute Gasteiger partial charge is 0.365 e. The van der Waals surface area contributed by atoms with Gasteiger partial charge in [-0.05, 0) is 36.0 Å². The molecule has 0 aromatic heterocycles. The van der Waals surface area contributed by atoms with Crippen molar-refractivity contribution < 1.29 is 0 Å². The first-order valence-corrected chi connectivity index (χ1v) is 7.89. The van der Waals surface area contributed by atoms with Crippen molar-refractivity contribution in [2.24, 2.45) is 5.92 Å². The van der Waals surface area contributed by atoms with Crippen LogP contribution in [0.3, 0.4) is 0 Å². The Kier molecular flexibility index (Phi) is 4.43. The molecule has 20 heavy (non-hydrogen) atoms. The molecule has 1 saturated heterocycles. The van der Waals surface area contributed by atoms with Gasteiger partial charge in [-0.25, -0.2) is 0 Å². The summed E-state index contributed by atoms with van der Waals surface area (Å²) in [5.74, 6) is 0.664. The molecule has 0 radical (unpaired) electrons. The number of nitrogens with zero attached hydrogens (tertiary/aromatic N) is 1. The fraction of sp³-hybridized carbons (Fsp3) is 0.667. The van der Waals surface area contributed by atoms with Crippen LogP contribution in [0.1, 0.15) is 47.1 Å². The molecule has 0 saturated carbocycles. The molecule has 1 heterocycles. The van der Waals surface area contributed by atoms with Gasteiger partial charge in [0.2, 0.25) is 0 Å². The SMILES string of the molecule is CC1CN(c2ccc(C(C)(C)C)cc2)C(C(C)C)CN1. The van der Waals surface area contributed by atoms with E-state index >= 15 is 0 Å². The zero-order valence-electron chi connectivity index (χ0n) is 13.9. The van der Waals surface area contributed by atoms with Crippen molar-refractivity contribution in [1.82, 2.24) is 5.32 Å². The van der Waals surface area contributed by atoms with E-state index in [1.54, 1.807) is 0 Å². The second kappa shape index (κ2) is 5.77. The van der Waals surface area contributed by atoms with E-state index < -0.39 is 0 Å². The summed E-state index contributed by atoms with van der Waals surface area (Å²) in [6.45, 7) is 15.9. The normalized spacial score (nSPS) is 24.2. The Bertz CT molecular complexity index is 428. The highest BCUT2D eigenvalue weighted by Crippen LogP contribution is 2.28. The predicted molar refractivity (Wildman–Crippen MR) is 88.6 cm³/mol. The number of benzene rings is 1. The molecule has 1 fully saturated rings. The molecular formula is C18H30N2. The van der Waals surface area contributed by atoms with Crippen molar-refractivity contribution in [3.8, 4) is 0 Å². The molecule has 2 atom stereocenters. The summed E-state index contributed by atoms with van der Waals surface area (Å²) in [4.78, 5) is 2.58. The Morgan fingerprint density at radius 3 is 2.25 bits per heavy atom. The zero-order chi connectivity index (χ0) is 14.9. The van der Waals surface area contributed by atoms with E-state index in [0.29, 0.717) is 18.0 Å². The van der Waals surface area contributed by atoms with Gasteiger partial charge in [0.15, 0.2) is 0 Å². The summed E-state index contributed by atoms with van der Waals surface area (Å²) in [5, 5.41) is 3.61. The Labute approximate surface area is 124 Å². The Hall–Kier alpha value is -1.02. The van der Waals surface area contributed by atoms with Crippen LogP contribution >= 0.6 is 0 Å². The van der Waals surface area contributed by atoms with E-state index in [9.17, 15) is 0 Å². The maximum Gasteiger partial charge on any atom is 0.0438 e. The van der Waals surface area contributed by atoms with Crippen molar-refractivity contribution in [2.45, 2.75) is 59.0 Å². The average Bonchev–Trinajstić information content (AvgIpc) is 2.37. The van der Waals surface area contributed by atoms with Gasteiger partial charge in [-0.2, -0.15) is 0 Å². The van der Waals surface area contributed by atoms with Crippen molar-refractivity contribution in [1.29, 1.82) is 0 Å². The standard InChI is InChI=1S/C18H30N2/c1-13(2)17-11-19-14(3)12-20(17)16-9-7-15(8-10-16)18(4,5)6/h7-10,13-14,17,19H,11-12H2,1-6H3. The van der Waals surface area contributed by atoms with Gasteiger partial charge in [-0.3, -0.25) is 0 Å². The Morgan fingerprint density at radius 2 is 1.75 bits per heavy atom. The minimum Gasteiger partial charge on any atom is -0.365 e. The molecule has 0 amide bonds. The highest BCUT2D eigenvalue weighted by Gasteiger charge is 2.28. The summed E-state index contributed by atoms with van der Waals surface area (Å²) in [6, 6.07) is 10.3. The molecule has 1 N–H and O–H groups in total. The lowest BCUT2D eigenvalue weighted by molar-refractivity contribution is 0.349. The van der Waals surface area contributed by atoms with Crippen molar-refractivity contribution >= 4 is 5.69 Å². The molecule has 1 aromatic rings. The molecule has 1 aliphatic heterocycles. The van der Waals surface area contributed by atoms with Crippen LogP contribution < -0.4 is 10.2 Å². The number of anilines is 1. The van der Waals surface area contributed by atoms with E-state index in [1.807, 2.05) is 0 Å². The van der Waals surface area contributed by atoms with Crippen molar-refractivity contribution in [2.75, 3.05) is 18.0 Å². The lowest BCUT2D eigenvalue weighted by Gasteiger charge is -2.43. The number of hydrogen-bond acceptors (Lipinski definition) is 2. The van der Waals surface area contributed by atoms with Crippen molar-refractivity contribution in [3.05, 3.63) is 29.8 Å². The Morgan fingerprint density at radius 1 is 1.15 bits per heavy atom. The molecular weight excluding hydrogens is 244 g/mol. The molecule has 2 rings (SSSR count). The second-order valence-corrected chi connectivity index (χ2v) is 7.57. The minimum absolute atomic E-state index is 0.229. The number of nitrogens with one attached hydrogen (secondary N) is 1. The molecule has 2 nitrogen and oxygen atoms in total. The van der Waals surface area contributed by atoms with Gasteiger partial charge < -0.3 is 10.2 Å². The molecule has 0 spiro atoms. The number of hydrogen-bond donors (Lipinski definition) is 1. The number of rotatable bonds is 2. The quantitative estimate of drug-likeness (QED) is 0.882. The maximum absolute atomic E-state index is 3.61. The van der Waals surface area contributed by atoms with Gasteiger partial charge in [-0.15, -0.1) is 0 Å². The van der Waals surface area contributed by atoms with E-state index in [4.69, 9.17) is 0 Å². The first kappa shape index (κ1) is 15.4. The lowest BCUT2D eigenvalue weighted by atomic mass is 9.87. The van der Waals surface area contributed by atoms with Crippen LogP contribution in [0.4, 0.5) is 5.69 Å². The van der Waals surface area contributed by atoms with Gasteiger partial charge in [0.25, 0.3) is 0 Å². The predicted octanol–water partition coefficient (Wildman–Crippen LogP) is 3.81. The van der Waals surface area contributed by atoms with Crippen molar-refractivity contribution in [3.63, 3.8) is 0 Å². The maximum atomic E-state index is 3.61. The summed E-state index contributed by atoms with van der Waals surface area (Å²) in [5.41, 5.74) is 3.00. The van der Waals surface area contributed by atoms with Crippen LogP contribution in [0.2, 0.25) is 0 Å². The van der Waals surface area contributed by atoms with Gasteiger partial charge in [0.05, 0.1) is 0 Å². The lowest BCUT2D eigenvalue weighted by Crippen LogP contribution is -2.57. The van der Waals surface area contributed by atoms with E-state index in [-0.39, 0.29) is 5.41 Å². The van der Waals surface area contributed by atoms with E-state index in [2.05, 4.69) is 76.0 Å². The minimum atomic E-state index is 0.229. The molecule has 1 aliphatic rings. The van der Waals surface area contributed by atoms with Crippen LogP contribution in [0, 0.1) is 5.92 Å². The first-order valence-electron chi connectivity index (χ1n) is 7.89. The third kappa shape index (κ3) is 3.35. The Balaban J connectivity index is 2.23. The monoisotopic (exact) mass is 274 g/mol. The fourth-order valence-corrected chi connectivity index (χ4v) is 2.97. The highest BCUT2D eigenvalue weighted by atomic mass is 15.2. The summed E-state index contributed by atoms with van der Waals surface area (Å²) < 4.78 is 0. The molecule has 2 heteroatoms. The fourth-order valence-electron chi connectivity index (χ4n) is 2.97. The topological polar surface area (TPSA) is 15.3 Å². The van der Waals surface area contributed by atoms with Crippen LogP contribution in [0.15, 0.2) is 24.3 Å². The smallest absolute Gasteiger partial charge is 0.0438 e. The summed E-state index contributed by atoms with van der Waals surface area (Å²) >= 11 is 0. The van der Waals surface area contributed by atoms with Gasteiger partial charge in [0.1, 0.15) is 0 Å². The zero-order valence-corrected chi connectivity index (χ0v) is 13.9. The molecule has 0 aliphatic carbocycles. The summed E-state index contributed by atoms with van der Waals surface area (Å²) in [6.07, 6.45) is 0. The third-order valence-corrected chi connectivity index (χ3v) is 4.38. The second-order valence-electron chi connectivity index (χ2n) is 7.57. The third-order valence-electron chi connectivity index (χ3n) is 4.38. The number of piperazine rings is 1.